The Kier molecular flexibility index (Phi) is 6.52. The summed E-state index contributed by atoms with van der Waals surface area (Å²) in [6.45, 7) is 0.378. The molecule has 1 aromatic heterocycles. The van der Waals surface area contributed by atoms with Crippen molar-refractivity contribution in [3.05, 3.63) is 23.9 Å². The number of rotatable bonds is 7. The molecule has 126 valence electrons. The Balaban J connectivity index is 1.79. The summed E-state index contributed by atoms with van der Waals surface area (Å²) >= 11 is 0. The molecule has 6 heteroatoms. The van der Waals surface area contributed by atoms with Crippen LogP contribution in [0.15, 0.2) is 18.2 Å². The van der Waals surface area contributed by atoms with Crippen molar-refractivity contribution < 1.29 is 14.3 Å². The van der Waals surface area contributed by atoms with E-state index in [0.717, 1.165) is 25.7 Å². The second-order valence-corrected chi connectivity index (χ2v) is 6.02. The topological polar surface area (TPSA) is 94.3 Å². The van der Waals surface area contributed by atoms with Crippen LogP contribution >= 0.6 is 0 Å². The van der Waals surface area contributed by atoms with Gasteiger partial charge in [-0.1, -0.05) is 6.07 Å². The number of hydrogen-bond acceptors (Lipinski definition) is 5. The summed E-state index contributed by atoms with van der Waals surface area (Å²) in [5.41, 5.74) is 5.84. The van der Waals surface area contributed by atoms with E-state index in [2.05, 4.69) is 10.3 Å². The Bertz CT molecular complexity index is 540. The number of nitrogens with one attached hydrogen (secondary N) is 1. The average Bonchev–Trinajstić information content (AvgIpc) is 2.57. The van der Waals surface area contributed by atoms with Gasteiger partial charge in [-0.3, -0.25) is 9.59 Å². The number of ketones is 1. The quantitative estimate of drug-likeness (QED) is 0.746. The van der Waals surface area contributed by atoms with Crippen LogP contribution in [0.25, 0.3) is 0 Å². The Morgan fingerprint density at radius 1 is 1.30 bits per heavy atom. The predicted octanol–water partition coefficient (Wildman–Crippen LogP) is 1.69. The van der Waals surface area contributed by atoms with Crippen molar-refractivity contribution in [3.63, 3.8) is 0 Å². The predicted molar refractivity (Wildman–Crippen MR) is 87.3 cm³/mol. The molecule has 0 unspecified atom stereocenters. The van der Waals surface area contributed by atoms with Crippen molar-refractivity contribution in [1.82, 2.24) is 10.3 Å². The molecule has 0 radical (unpaired) electrons. The zero-order valence-corrected chi connectivity index (χ0v) is 13.6. The first-order chi connectivity index (χ1) is 11.1. The molecule has 23 heavy (non-hydrogen) atoms. The first-order valence-corrected chi connectivity index (χ1v) is 8.16. The number of ether oxygens (including phenoxy) is 1. The van der Waals surface area contributed by atoms with E-state index in [4.69, 9.17) is 10.5 Å². The van der Waals surface area contributed by atoms with E-state index in [0.29, 0.717) is 36.9 Å². The van der Waals surface area contributed by atoms with Crippen molar-refractivity contribution in [2.45, 2.75) is 44.6 Å². The van der Waals surface area contributed by atoms with E-state index in [-0.39, 0.29) is 17.7 Å². The molecule has 0 bridgehead atoms. The van der Waals surface area contributed by atoms with Crippen molar-refractivity contribution >= 4 is 11.7 Å². The highest BCUT2D eigenvalue weighted by atomic mass is 16.5. The highest BCUT2D eigenvalue weighted by molar-refractivity contribution is 5.94. The molecule has 0 aromatic carbocycles. The molecule has 1 amide bonds. The first-order valence-electron chi connectivity index (χ1n) is 8.16. The van der Waals surface area contributed by atoms with Gasteiger partial charge in [0.25, 0.3) is 0 Å². The normalized spacial score (nSPS) is 20.8. The van der Waals surface area contributed by atoms with Gasteiger partial charge in [-0.2, -0.15) is 0 Å². The molecule has 0 saturated heterocycles. The van der Waals surface area contributed by atoms with Crippen molar-refractivity contribution in [2.75, 3.05) is 13.7 Å². The summed E-state index contributed by atoms with van der Waals surface area (Å²) in [5.74, 6) is 0.896. The largest absolute Gasteiger partial charge is 0.481 e. The van der Waals surface area contributed by atoms with Gasteiger partial charge in [0.05, 0.1) is 7.11 Å². The lowest BCUT2D eigenvalue weighted by Gasteiger charge is -2.28. The van der Waals surface area contributed by atoms with Gasteiger partial charge in [0.2, 0.25) is 11.8 Å². The van der Waals surface area contributed by atoms with Gasteiger partial charge in [0.15, 0.2) is 5.78 Å². The number of nitrogens with two attached hydrogens (primary N) is 1. The van der Waals surface area contributed by atoms with E-state index in [1.807, 2.05) is 0 Å². The van der Waals surface area contributed by atoms with Gasteiger partial charge >= 0.3 is 0 Å². The average molecular weight is 319 g/mol. The zero-order chi connectivity index (χ0) is 16.7. The molecule has 1 aromatic rings. The third-order valence-electron chi connectivity index (χ3n) is 4.28. The molecule has 0 spiro atoms. The molecular formula is C17H25N3O3. The standard InChI is InChI=1S/C17H25N3O3/c1-23-17-4-2-3-14(20-17)15(21)11-12-5-7-13(8-6-12)19-16(22)9-10-18/h2-4,12-13H,5-11,18H2,1H3,(H,19,22). The molecule has 0 aliphatic heterocycles. The van der Waals surface area contributed by atoms with E-state index in [1.54, 1.807) is 18.2 Å². The number of nitrogens with zero attached hydrogens (tertiary/aromatic N) is 1. The fourth-order valence-corrected chi connectivity index (χ4v) is 2.99. The Morgan fingerprint density at radius 3 is 2.70 bits per heavy atom. The number of hydrogen-bond donors (Lipinski definition) is 2. The monoisotopic (exact) mass is 319 g/mol. The van der Waals surface area contributed by atoms with Gasteiger partial charge in [0, 0.05) is 31.5 Å². The maximum Gasteiger partial charge on any atom is 0.221 e. The molecule has 3 N–H and O–H groups in total. The molecule has 1 aliphatic carbocycles. The van der Waals surface area contributed by atoms with Gasteiger partial charge in [-0.15, -0.1) is 0 Å². The van der Waals surface area contributed by atoms with Crippen LogP contribution in [0.5, 0.6) is 5.88 Å². The van der Waals surface area contributed by atoms with E-state index >= 15 is 0 Å². The maximum atomic E-state index is 12.3. The highest BCUT2D eigenvalue weighted by Crippen LogP contribution is 2.28. The number of amides is 1. The maximum absolute atomic E-state index is 12.3. The number of carbonyl (C=O) groups excluding carboxylic acids is 2. The molecular weight excluding hydrogens is 294 g/mol. The van der Waals surface area contributed by atoms with Crippen LogP contribution in [0.4, 0.5) is 0 Å². The fraction of sp³-hybridized carbons (Fsp3) is 0.588. The Morgan fingerprint density at radius 2 is 2.04 bits per heavy atom. The minimum atomic E-state index is 0.0209. The molecule has 1 aliphatic rings. The summed E-state index contributed by atoms with van der Waals surface area (Å²) in [5, 5.41) is 3.01. The number of pyridine rings is 1. The molecule has 0 atom stereocenters. The zero-order valence-electron chi connectivity index (χ0n) is 13.6. The second-order valence-electron chi connectivity index (χ2n) is 6.02. The van der Waals surface area contributed by atoms with E-state index in [9.17, 15) is 9.59 Å². The Hall–Kier alpha value is -1.95. The van der Waals surface area contributed by atoms with Crippen LogP contribution in [-0.2, 0) is 4.79 Å². The minimum absolute atomic E-state index is 0.0209. The van der Waals surface area contributed by atoms with Gasteiger partial charge in [-0.25, -0.2) is 4.98 Å². The third kappa shape index (κ3) is 5.32. The lowest BCUT2D eigenvalue weighted by Crippen LogP contribution is -2.38. The van der Waals surface area contributed by atoms with Crippen molar-refractivity contribution in [1.29, 1.82) is 0 Å². The lowest BCUT2D eigenvalue weighted by atomic mass is 9.82. The summed E-state index contributed by atoms with van der Waals surface area (Å²) in [6, 6.07) is 5.45. The van der Waals surface area contributed by atoms with Crippen molar-refractivity contribution in [2.24, 2.45) is 11.7 Å². The third-order valence-corrected chi connectivity index (χ3v) is 4.28. The van der Waals surface area contributed by atoms with Gasteiger partial charge < -0.3 is 15.8 Å². The molecule has 1 heterocycles. The molecule has 1 saturated carbocycles. The highest BCUT2D eigenvalue weighted by Gasteiger charge is 2.24. The van der Waals surface area contributed by atoms with E-state index in [1.165, 1.54) is 7.11 Å². The molecule has 6 nitrogen and oxygen atoms in total. The number of carbonyl (C=O) groups is 2. The smallest absolute Gasteiger partial charge is 0.221 e. The summed E-state index contributed by atoms with van der Waals surface area (Å²) in [4.78, 5) is 28.1. The minimum Gasteiger partial charge on any atom is -0.481 e. The van der Waals surface area contributed by atoms with E-state index < -0.39 is 0 Å². The Labute approximate surface area is 136 Å². The van der Waals surface area contributed by atoms with Crippen LogP contribution in [0.3, 0.4) is 0 Å². The number of Topliss-reactive ketones (excluding diaryl/α,β-unsaturated/α-hetero) is 1. The lowest BCUT2D eigenvalue weighted by molar-refractivity contribution is -0.121. The molecule has 2 rings (SSSR count). The fourth-order valence-electron chi connectivity index (χ4n) is 2.99. The van der Waals surface area contributed by atoms with Crippen LogP contribution < -0.4 is 15.8 Å². The SMILES string of the molecule is COc1cccc(C(=O)CC2CCC(NC(=O)CCN)CC2)n1. The summed E-state index contributed by atoms with van der Waals surface area (Å²) in [7, 11) is 1.54. The van der Waals surface area contributed by atoms with Crippen LogP contribution in [0.1, 0.15) is 49.0 Å². The molecule has 1 fully saturated rings. The number of aromatic nitrogens is 1. The summed E-state index contributed by atoms with van der Waals surface area (Å²) in [6.07, 6.45) is 4.61. The van der Waals surface area contributed by atoms with Crippen LogP contribution in [0.2, 0.25) is 0 Å². The number of methoxy groups -OCH3 is 1. The first kappa shape index (κ1) is 17.4. The second kappa shape index (κ2) is 8.62. The van der Waals surface area contributed by atoms with Gasteiger partial charge in [0.1, 0.15) is 5.69 Å². The van der Waals surface area contributed by atoms with Crippen LogP contribution in [0, 0.1) is 5.92 Å². The van der Waals surface area contributed by atoms with Gasteiger partial charge in [-0.05, 0) is 37.7 Å². The van der Waals surface area contributed by atoms with Crippen LogP contribution in [-0.4, -0.2) is 36.4 Å². The summed E-state index contributed by atoms with van der Waals surface area (Å²) < 4.78 is 5.05. The van der Waals surface area contributed by atoms with Crippen molar-refractivity contribution in [3.8, 4) is 5.88 Å².